The largest absolute Gasteiger partial charge is 0.472 e. The number of hydrogen-bond acceptors (Lipinski definition) is 5. The van der Waals surface area contributed by atoms with E-state index in [4.69, 9.17) is 4.42 Å². The van der Waals surface area contributed by atoms with Crippen LogP contribution in [0.4, 0.5) is 0 Å². The van der Waals surface area contributed by atoms with Crippen molar-refractivity contribution < 1.29 is 9.21 Å². The molecular weight excluding hydrogens is 322 g/mol. The summed E-state index contributed by atoms with van der Waals surface area (Å²) in [6, 6.07) is 4.76. The lowest BCUT2D eigenvalue weighted by Gasteiger charge is -2.23. The lowest BCUT2D eigenvalue weighted by molar-refractivity contribution is 0.0711. The molecule has 0 fully saturated rings. The number of carbonyl (C=O) groups excluding carboxylic acids is 1. The van der Waals surface area contributed by atoms with Gasteiger partial charge in [-0.25, -0.2) is 9.67 Å². The van der Waals surface area contributed by atoms with E-state index in [9.17, 15) is 9.59 Å². The lowest BCUT2D eigenvalue weighted by atomic mass is 10.1. The van der Waals surface area contributed by atoms with Crippen molar-refractivity contribution >= 4 is 5.91 Å². The Labute approximate surface area is 143 Å². The first-order valence-electron chi connectivity index (χ1n) is 8.04. The van der Waals surface area contributed by atoms with Crippen LogP contribution >= 0.6 is 0 Å². The van der Waals surface area contributed by atoms with E-state index >= 15 is 0 Å². The zero-order valence-corrected chi connectivity index (χ0v) is 13.5. The molecule has 0 N–H and O–H groups in total. The lowest BCUT2D eigenvalue weighted by Crippen LogP contribution is -2.36. The van der Waals surface area contributed by atoms with Crippen LogP contribution in [0.15, 0.2) is 58.5 Å². The van der Waals surface area contributed by atoms with Crippen LogP contribution in [-0.4, -0.2) is 36.7 Å². The fourth-order valence-electron chi connectivity index (χ4n) is 3.15. The van der Waals surface area contributed by atoms with Crippen molar-refractivity contribution in [2.45, 2.75) is 19.6 Å². The molecule has 4 rings (SSSR count). The van der Waals surface area contributed by atoms with Gasteiger partial charge in [0.15, 0.2) is 0 Å². The number of rotatable bonds is 3. The number of aromatic nitrogens is 4. The Bertz CT molecular complexity index is 928. The van der Waals surface area contributed by atoms with Crippen molar-refractivity contribution in [1.29, 1.82) is 0 Å². The minimum Gasteiger partial charge on any atom is -0.472 e. The predicted octanol–water partition coefficient (Wildman–Crippen LogP) is 1.01. The normalized spacial score (nSPS) is 17.1. The number of carbonyl (C=O) groups is 1. The maximum Gasteiger partial charge on any atom is 0.266 e. The second-order valence-corrected chi connectivity index (χ2v) is 6.10. The van der Waals surface area contributed by atoms with Crippen LogP contribution in [0.3, 0.4) is 0 Å². The second-order valence-electron chi connectivity index (χ2n) is 6.10. The first-order chi connectivity index (χ1) is 12.2. The van der Waals surface area contributed by atoms with Gasteiger partial charge in [-0.3, -0.25) is 9.59 Å². The molecule has 0 saturated carbocycles. The van der Waals surface area contributed by atoms with Gasteiger partial charge in [-0.15, -0.1) is 0 Å². The topological polar surface area (TPSA) is 86.2 Å². The highest BCUT2D eigenvalue weighted by molar-refractivity contribution is 5.93. The van der Waals surface area contributed by atoms with E-state index in [1.807, 2.05) is 10.8 Å². The molecule has 8 nitrogen and oxygen atoms in total. The van der Waals surface area contributed by atoms with Gasteiger partial charge in [-0.2, -0.15) is 5.10 Å². The van der Waals surface area contributed by atoms with Crippen molar-refractivity contribution in [3.05, 3.63) is 71.1 Å². The summed E-state index contributed by atoms with van der Waals surface area (Å²) in [5.74, 6) is 0.759. The molecule has 1 atom stereocenters. The monoisotopic (exact) mass is 339 g/mol. The van der Waals surface area contributed by atoms with E-state index in [1.165, 1.54) is 23.3 Å². The Balaban J connectivity index is 1.62. The summed E-state index contributed by atoms with van der Waals surface area (Å²) in [5, 5.41) is 4.13. The molecule has 8 heteroatoms. The molecule has 128 valence electrons. The summed E-state index contributed by atoms with van der Waals surface area (Å²) in [4.78, 5) is 30.8. The Morgan fingerprint density at radius 3 is 3.00 bits per heavy atom. The van der Waals surface area contributed by atoms with Crippen LogP contribution in [-0.2, 0) is 19.6 Å². The van der Waals surface area contributed by atoms with Crippen molar-refractivity contribution in [3.8, 4) is 0 Å². The molecule has 1 aliphatic heterocycles. The van der Waals surface area contributed by atoms with Gasteiger partial charge in [-0.05, 0) is 12.1 Å². The fraction of sp³-hybridized carbons (Fsp3) is 0.294. The average Bonchev–Trinajstić information content (AvgIpc) is 3.25. The Morgan fingerprint density at radius 1 is 1.28 bits per heavy atom. The molecule has 0 spiro atoms. The molecule has 0 aliphatic carbocycles. The maximum atomic E-state index is 12.8. The summed E-state index contributed by atoms with van der Waals surface area (Å²) in [5.41, 5.74) is 0.360. The molecule has 0 saturated heterocycles. The van der Waals surface area contributed by atoms with Crippen molar-refractivity contribution in [2.24, 2.45) is 5.92 Å². The smallest absolute Gasteiger partial charge is 0.266 e. The molecule has 0 radical (unpaired) electrons. The number of nitrogens with zero attached hydrogens (tertiary/aromatic N) is 5. The quantitative estimate of drug-likeness (QED) is 0.711. The van der Waals surface area contributed by atoms with E-state index in [0.717, 1.165) is 5.82 Å². The maximum absolute atomic E-state index is 12.8. The van der Waals surface area contributed by atoms with Crippen molar-refractivity contribution in [2.75, 3.05) is 6.54 Å². The summed E-state index contributed by atoms with van der Waals surface area (Å²) in [6.07, 6.45) is 8.14. The molecule has 4 heterocycles. The molecule has 3 aromatic rings. The van der Waals surface area contributed by atoms with E-state index in [2.05, 4.69) is 10.1 Å². The van der Waals surface area contributed by atoms with E-state index < -0.39 is 0 Å². The number of fused-ring (bicyclic) bond motifs is 1. The van der Waals surface area contributed by atoms with Crippen LogP contribution in [0.5, 0.6) is 0 Å². The second kappa shape index (κ2) is 6.39. The Kier molecular flexibility index (Phi) is 3.93. The van der Waals surface area contributed by atoms with Crippen LogP contribution in [0.25, 0.3) is 0 Å². The zero-order chi connectivity index (χ0) is 17.2. The first kappa shape index (κ1) is 15.4. The van der Waals surface area contributed by atoms with Gasteiger partial charge >= 0.3 is 0 Å². The first-order valence-corrected chi connectivity index (χ1v) is 8.04. The summed E-state index contributed by atoms with van der Waals surface area (Å²) < 4.78 is 8.49. The fourth-order valence-corrected chi connectivity index (χ4v) is 3.15. The predicted molar refractivity (Wildman–Crippen MR) is 87.7 cm³/mol. The van der Waals surface area contributed by atoms with Crippen molar-refractivity contribution in [1.82, 2.24) is 24.2 Å². The highest BCUT2D eigenvalue weighted by atomic mass is 16.3. The average molecular weight is 339 g/mol. The molecule has 25 heavy (non-hydrogen) atoms. The van der Waals surface area contributed by atoms with Gasteiger partial charge in [0.05, 0.1) is 24.9 Å². The number of imidazole rings is 1. The summed E-state index contributed by atoms with van der Waals surface area (Å²) in [7, 11) is 0. The van der Waals surface area contributed by atoms with Gasteiger partial charge in [-0.1, -0.05) is 0 Å². The Hall–Kier alpha value is -3.16. The minimum atomic E-state index is -0.148. The van der Waals surface area contributed by atoms with Crippen LogP contribution in [0, 0.1) is 5.92 Å². The van der Waals surface area contributed by atoms with Crippen LogP contribution < -0.4 is 5.56 Å². The highest BCUT2D eigenvalue weighted by Gasteiger charge is 2.27. The number of hydrogen-bond donors (Lipinski definition) is 0. The molecule has 1 amide bonds. The van der Waals surface area contributed by atoms with Gasteiger partial charge in [0.1, 0.15) is 12.1 Å². The number of furan rings is 1. The third kappa shape index (κ3) is 3.10. The summed E-state index contributed by atoms with van der Waals surface area (Å²) >= 11 is 0. The molecular formula is C17H17N5O3. The van der Waals surface area contributed by atoms with Gasteiger partial charge in [0, 0.05) is 43.7 Å². The summed E-state index contributed by atoms with van der Waals surface area (Å²) in [6.45, 7) is 2.04. The molecule has 0 bridgehead atoms. The highest BCUT2D eigenvalue weighted by Crippen LogP contribution is 2.19. The minimum absolute atomic E-state index is 0.0406. The SMILES string of the molecule is O=C(c1ccoc1)N1Cc2nccn2CC(Cn2ncccc2=O)C1. The van der Waals surface area contributed by atoms with Gasteiger partial charge in [0.2, 0.25) is 0 Å². The molecule has 3 aromatic heterocycles. The zero-order valence-electron chi connectivity index (χ0n) is 13.5. The third-order valence-electron chi connectivity index (χ3n) is 4.34. The standard InChI is InChI=1S/C17H17N5O3/c23-16-2-1-4-19-22(16)10-13-8-20-6-5-18-15(20)11-21(9-13)17(24)14-3-7-25-12-14/h1-7,12-13H,8-11H2. The number of amides is 1. The van der Waals surface area contributed by atoms with Crippen molar-refractivity contribution in [3.63, 3.8) is 0 Å². The molecule has 0 aromatic carbocycles. The van der Waals surface area contributed by atoms with E-state index in [1.54, 1.807) is 29.4 Å². The molecule has 1 unspecified atom stereocenters. The van der Waals surface area contributed by atoms with Crippen LogP contribution in [0.1, 0.15) is 16.2 Å². The third-order valence-corrected chi connectivity index (χ3v) is 4.34. The van der Waals surface area contributed by atoms with E-state index in [0.29, 0.717) is 31.7 Å². The molecule has 1 aliphatic rings. The van der Waals surface area contributed by atoms with Gasteiger partial charge in [0.25, 0.3) is 11.5 Å². The van der Waals surface area contributed by atoms with E-state index in [-0.39, 0.29) is 17.4 Å². The van der Waals surface area contributed by atoms with Gasteiger partial charge < -0.3 is 13.9 Å². The Morgan fingerprint density at radius 2 is 2.20 bits per heavy atom. The van der Waals surface area contributed by atoms with Crippen LogP contribution in [0.2, 0.25) is 0 Å².